The summed E-state index contributed by atoms with van der Waals surface area (Å²) in [5.74, 6) is 0.880. The molecule has 0 aromatic heterocycles. The lowest BCUT2D eigenvalue weighted by Gasteiger charge is -2.29. The molecule has 5 heteroatoms. The van der Waals surface area contributed by atoms with E-state index in [1.807, 2.05) is 48.5 Å². The number of nitrogens with one attached hydrogen (secondary N) is 1. The van der Waals surface area contributed by atoms with E-state index in [9.17, 15) is 9.59 Å². The highest BCUT2D eigenvalue weighted by Crippen LogP contribution is 2.31. The van der Waals surface area contributed by atoms with Gasteiger partial charge in [-0.2, -0.15) is 0 Å². The van der Waals surface area contributed by atoms with E-state index in [0.717, 1.165) is 5.69 Å². The minimum Gasteiger partial charge on any atom is -0.482 e. The topological polar surface area (TPSA) is 58.6 Å². The number of nitrogens with zero attached hydrogens (tertiary/aromatic N) is 1. The van der Waals surface area contributed by atoms with Gasteiger partial charge in [-0.05, 0) is 35.7 Å². The van der Waals surface area contributed by atoms with Crippen LogP contribution in [-0.4, -0.2) is 25.0 Å². The predicted molar refractivity (Wildman–Crippen MR) is 98.1 cm³/mol. The third-order valence-electron chi connectivity index (χ3n) is 4.23. The van der Waals surface area contributed by atoms with E-state index in [4.69, 9.17) is 4.74 Å². The van der Waals surface area contributed by atoms with E-state index in [-0.39, 0.29) is 24.8 Å². The van der Waals surface area contributed by atoms with Crippen LogP contribution in [0.3, 0.4) is 0 Å². The minimum atomic E-state index is -0.132. The van der Waals surface area contributed by atoms with Crippen LogP contribution in [0.1, 0.15) is 31.7 Å². The molecule has 0 radical (unpaired) electrons. The second-order valence-corrected chi connectivity index (χ2v) is 6.38. The molecule has 0 atom stereocenters. The molecule has 2 aromatic rings. The lowest BCUT2D eigenvalue weighted by Crippen LogP contribution is -2.40. The molecule has 1 aliphatic rings. The summed E-state index contributed by atoms with van der Waals surface area (Å²) in [7, 11) is 0. The van der Waals surface area contributed by atoms with Crippen molar-refractivity contribution in [2.75, 3.05) is 23.4 Å². The van der Waals surface area contributed by atoms with Crippen LogP contribution < -0.4 is 15.0 Å². The van der Waals surface area contributed by atoms with Gasteiger partial charge >= 0.3 is 0 Å². The number of hydrogen-bond donors (Lipinski definition) is 1. The SMILES string of the molecule is CC(C)c1ccc(NC(=O)CCN2C(=O)COc3ccccc32)cc1. The largest absolute Gasteiger partial charge is 0.482 e. The molecule has 0 saturated heterocycles. The lowest BCUT2D eigenvalue weighted by molar-refractivity contribution is -0.121. The molecular formula is C20H22N2O3. The van der Waals surface area contributed by atoms with Crippen molar-refractivity contribution >= 4 is 23.2 Å². The zero-order valence-corrected chi connectivity index (χ0v) is 14.5. The summed E-state index contributed by atoms with van der Waals surface area (Å²) in [6, 6.07) is 15.2. The molecule has 130 valence electrons. The molecule has 1 N–H and O–H groups in total. The number of carbonyl (C=O) groups is 2. The molecule has 0 unspecified atom stereocenters. The fourth-order valence-corrected chi connectivity index (χ4v) is 2.79. The molecule has 1 heterocycles. The summed E-state index contributed by atoms with van der Waals surface area (Å²) in [6.45, 7) is 4.60. The monoisotopic (exact) mass is 338 g/mol. The minimum absolute atomic E-state index is 0.00922. The quantitative estimate of drug-likeness (QED) is 0.907. The Balaban J connectivity index is 1.60. The fraction of sp³-hybridized carbons (Fsp3) is 0.300. The summed E-state index contributed by atoms with van der Waals surface area (Å²) >= 11 is 0. The Hall–Kier alpha value is -2.82. The molecular weight excluding hydrogens is 316 g/mol. The lowest BCUT2D eigenvalue weighted by atomic mass is 10.0. The summed E-state index contributed by atoms with van der Waals surface area (Å²) in [4.78, 5) is 25.9. The first kappa shape index (κ1) is 17.0. The van der Waals surface area contributed by atoms with Gasteiger partial charge in [0.2, 0.25) is 5.91 Å². The molecule has 1 aliphatic heterocycles. The van der Waals surface area contributed by atoms with Crippen LogP contribution in [0.5, 0.6) is 5.75 Å². The van der Waals surface area contributed by atoms with E-state index >= 15 is 0 Å². The van der Waals surface area contributed by atoms with Gasteiger partial charge in [0, 0.05) is 18.7 Å². The van der Waals surface area contributed by atoms with Crippen molar-refractivity contribution < 1.29 is 14.3 Å². The first-order valence-electron chi connectivity index (χ1n) is 8.46. The Labute approximate surface area is 147 Å². The number of benzene rings is 2. The van der Waals surface area contributed by atoms with Gasteiger partial charge in [0.25, 0.3) is 5.91 Å². The second-order valence-electron chi connectivity index (χ2n) is 6.38. The number of rotatable bonds is 5. The van der Waals surface area contributed by atoms with Crippen molar-refractivity contribution in [3.63, 3.8) is 0 Å². The third kappa shape index (κ3) is 3.99. The summed E-state index contributed by atoms with van der Waals surface area (Å²) in [5, 5.41) is 2.88. The Morgan fingerprint density at radius 3 is 2.60 bits per heavy atom. The zero-order chi connectivity index (χ0) is 17.8. The van der Waals surface area contributed by atoms with Crippen molar-refractivity contribution in [3.8, 4) is 5.75 Å². The van der Waals surface area contributed by atoms with Gasteiger partial charge in [-0.15, -0.1) is 0 Å². The highest BCUT2D eigenvalue weighted by Gasteiger charge is 2.25. The van der Waals surface area contributed by atoms with E-state index in [2.05, 4.69) is 19.2 Å². The normalized spacial score (nSPS) is 13.4. The highest BCUT2D eigenvalue weighted by molar-refractivity contribution is 5.99. The van der Waals surface area contributed by atoms with Gasteiger partial charge in [0.05, 0.1) is 5.69 Å². The number of para-hydroxylation sites is 2. The number of amides is 2. The van der Waals surface area contributed by atoms with Crippen molar-refractivity contribution in [2.45, 2.75) is 26.2 Å². The van der Waals surface area contributed by atoms with E-state index < -0.39 is 0 Å². The third-order valence-corrected chi connectivity index (χ3v) is 4.23. The number of ether oxygens (including phenoxy) is 1. The molecule has 0 saturated carbocycles. The highest BCUT2D eigenvalue weighted by atomic mass is 16.5. The maximum absolute atomic E-state index is 12.2. The summed E-state index contributed by atoms with van der Waals surface area (Å²) < 4.78 is 5.41. The average molecular weight is 338 g/mol. The molecule has 0 bridgehead atoms. The van der Waals surface area contributed by atoms with Gasteiger partial charge in [0.1, 0.15) is 5.75 Å². The van der Waals surface area contributed by atoms with Crippen LogP contribution in [0.15, 0.2) is 48.5 Å². The van der Waals surface area contributed by atoms with Gasteiger partial charge in [-0.1, -0.05) is 38.1 Å². The van der Waals surface area contributed by atoms with Crippen LogP contribution in [-0.2, 0) is 9.59 Å². The van der Waals surface area contributed by atoms with Gasteiger partial charge in [0.15, 0.2) is 6.61 Å². The molecule has 3 rings (SSSR count). The number of fused-ring (bicyclic) bond motifs is 1. The van der Waals surface area contributed by atoms with Gasteiger partial charge < -0.3 is 15.0 Å². The molecule has 25 heavy (non-hydrogen) atoms. The predicted octanol–water partition coefficient (Wildman–Crippen LogP) is 3.56. The van der Waals surface area contributed by atoms with Crippen LogP contribution in [0.4, 0.5) is 11.4 Å². The molecule has 0 fully saturated rings. The zero-order valence-electron chi connectivity index (χ0n) is 14.5. The maximum Gasteiger partial charge on any atom is 0.265 e. The molecule has 5 nitrogen and oxygen atoms in total. The van der Waals surface area contributed by atoms with Crippen LogP contribution >= 0.6 is 0 Å². The maximum atomic E-state index is 12.2. The van der Waals surface area contributed by atoms with Crippen LogP contribution in [0.2, 0.25) is 0 Å². The van der Waals surface area contributed by atoms with E-state index in [1.54, 1.807) is 4.90 Å². The first-order valence-corrected chi connectivity index (χ1v) is 8.46. The molecule has 0 aliphatic carbocycles. The smallest absolute Gasteiger partial charge is 0.265 e. The van der Waals surface area contributed by atoms with Gasteiger partial charge in [-0.25, -0.2) is 0 Å². The van der Waals surface area contributed by atoms with Crippen molar-refractivity contribution in [2.24, 2.45) is 0 Å². The van der Waals surface area contributed by atoms with E-state index in [1.165, 1.54) is 5.56 Å². The Morgan fingerprint density at radius 1 is 1.16 bits per heavy atom. The second kappa shape index (κ2) is 7.38. The fourth-order valence-electron chi connectivity index (χ4n) is 2.79. The Kier molecular flexibility index (Phi) is 5.03. The number of anilines is 2. The summed E-state index contributed by atoms with van der Waals surface area (Å²) in [6.07, 6.45) is 0.228. The van der Waals surface area contributed by atoms with Crippen molar-refractivity contribution in [1.82, 2.24) is 0 Å². The Bertz CT molecular complexity index is 769. The first-order chi connectivity index (χ1) is 12.0. The molecule has 2 aromatic carbocycles. The van der Waals surface area contributed by atoms with Crippen molar-refractivity contribution in [1.29, 1.82) is 0 Å². The van der Waals surface area contributed by atoms with E-state index in [0.29, 0.717) is 23.9 Å². The number of carbonyl (C=O) groups excluding carboxylic acids is 2. The number of hydrogen-bond acceptors (Lipinski definition) is 3. The standard InChI is InChI=1S/C20H22N2O3/c1-14(2)15-7-9-16(10-8-15)21-19(23)11-12-22-17-5-3-4-6-18(17)25-13-20(22)24/h3-10,14H,11-13H2,1-2H3,(H,21,23). The van der Waals surface area contributed by atoms with Crippen LogP contribution in [0.25, 0.3) is 0 Å². The van der Waals surface area contributed by atoms with Crippen molar-refractivity contribution in [3.05, 3.63) is 54.1 Å². The van der Waals surface area contributed by atoms with Crippen LogP contribution in [0, 0.1) is 0 Å². The summed E-state index contributed by atoms with van der Waals surface area (Å²) in [5.41, 5.74) is 2.71. The van der Waals surface area contributed by atoms with Gasteiger partial charge in [-0.3, -0.25) is 9.59 Å². The average Bonchev–Trinajstić information content (AvgIpc) is 2.61. The molecule has 2 amide bonds. The molecule has 0 spiro atoms. The Morgan fingerprint density at radius 2 is 1.88 bits per heavy atom.